The van der Waals surface area contributed by atoms with Crippen LogP contribution in [-0.2, 0) is 36.5 Å². The first-order valence-electron chi connectivity index (χ1n) is 47.9. The van der Waals surface area contributed by atoms with Crippen molar-refractivity contribution in [1.82, 2.24) is 9.13 Å². The van der Waals surface area contributed by atoms with E-state index in [0.29, 0.717) is 11.8 Å². The number of hydrogen-bond donors (Lipinski definition) is 0. The molecule has 0 amide bonds. The minimum absolute atomic E-state index is 0. The number of nitrogens with zero attached hydrogens (tertiary/aromatic N) is 4. The highest BCUT2D eigenvalue weighted by Crippen LogP contribution is 2.54. The van der Waals surface area contributed by atoms with Crippen molar-refractivity contribution < 1.29 is 0 Å². The van der Waals surface area contributed by atoms with Crippen LogP contribution in [-0.4, -0.2) is 9.13 Å². The third kappa shape index (κ3) is 16.4. The van der Waals surface area contributed by atoms with Gasteiger partial charge in [-0.05, 0) is 324 Å². The van der Waals surface area contributed by atoms with Crippen molar-refractivity contribution in [3.8, 4) is 90.5 Å². The largest absolute Gasteiger partial charge is 0.310 e. The van der Waals surface area contributed by atoms with Gasteiger partial charge in [0.1, 0.15) is 0 Å². The van der Waals surface area contributed by atoms with E-state index in [1.165, 1.54) is 186 Å². The average molecular weight is 1760 g/mol. The summed E-state index contributed by atoms with van der Waals surface area (Å²) >= 11 is 0. The first kappa shape index (κ1) is 88.1. The first-order chi connectivity index (χ1) is 66.1. The van der Waals surface area contributed by atoms with E-state index < -0.39 is 0 Å². The Morgan fingerprint density at radius 3 is 1.04 bits per heavy atom. The van der Waals surface area contributed by atoms with Crippen molar-refractivity contribution >= 4 is 89.9 Å². The topological polar surface area (TPSA) is 16.3 Å². The number of aromatic nitrogens is 2. The molecular weight excluding hydrogens is 1640 g/mol. The van der Waals surface area contributed by atoms with Gasteiger partial charge in [0.05, 0.1) is 22.1 Å². The molecule has 4 nitrogen and oxygen atoms in total. The summed E-state index contributed by atoms with van der Waals surface area (Å²) in [4.78, 5) is 4.88. The fourth-order valence-electron chi connectivity index (χ4n) is 21.5. The van der Waals surface area contributed by atoms with Gasteiger partial charge in [0.25, 0.3) is 0 Å². The molecule has 136 heavy (non-hydrogen) atoms. The molecule has 0 fully saturated rings. The van der Waals surface area contributed by atoms with Gasteiger partial charge in [0.15, 0.2) is 0 Å². The molecule has 0 saturated heterocycles. The highest BCUT2D eigenvalue weighted by molar-refractivity contribution is 6.14. The number of terminal acetylenes is 1. The van der Waals surface area contributed by atoms with Crippen molar-refractivity contribution in [3.63, 3.8) is 0 Å². The molecule has 24 rings (SSSR count). The number of fused-ring (bicyclic) bond motifs is 14. The minimum atomic E-state index is -0.120. The molecule has 2 atom stereocenters. The summed E-state index contributed by atoms with van der Waals surface area (Å²) in [5, 5.41) is 4.89. The van der Waals surface area contributed by atoms with Crippen molar-refractivity contribution in [2.45, 2.75) is 117 Å². The third-order valence-electron chi connectivity index (χ3n) is 29.1. The van der Waals surface area contributed by atoms with Crippen LogP contribution in [0.5, 0.6) is 0 Å². The van der Waals surface area contributed by atoms with Crippen LogP contribution < -0.4 is 9.80 Å². The summed E-state index contributed by atoms with van der Waals surface area (Å²) in [5.74, 6) is 3.30. The standard InChI is InChI=1S/C65H56N2.C53H40N2.C10H10.C3H4.CH4/c1-5-44(50-26-24-48-25-27-51(48)39-50)38-43(2)45-20-22-49(23-21-45)52-30-36-63-59(40-52)60-41-55(34-37-64(60)67(63)53-16-10-7-11-17-53)66(54-31-28-47(29-32-54)46-14-8-6-9-15-46)56-33-35-58-57-18-12-13-19-61(57)65(3,4)62(58)42-56;1-4-36-19-21-39(22-20-36)40-25-31-51-47(33-40)48-34-43(29-32-52(48)55(51)41-15-9-6-10-16-41)54(42-26-23-38(24-27-42)37-13-7-5-8-14-37)44-28-30-46-45-17-11-12-18-49(45)53(2,3)50(46)35-44;1-2-8-3-4-9-5-6-10(9)7-8;1-3-2;/h6-24,26,28-37,39-44H,5,25,27,38H2,1-4H3;4-35H,1H2,2-3H3;2-4,7H,1,5-6H2;1H,2H3;1H4. The number of para-hydroxylation sites is 2. The summed E-state index contributed by atoms with van der Waals surface area (Å²) in [5.41, 5.74) is 45.5. The van der Waals surface area contributed by atoms with Crippen LogP contribution in [0.1, 0.15) is 147 Å². The van der Waals surface area contributed by atoms with Gasteiger partial charge >= 0.3 is 0 Å². The number of hydrogen-bond acceptors (Lipinski definition) is 2. The Kier molecular flexibility index (Phi) is 24.2. The predicted octanol–water partition coefficient (Wildman–Crippen LogP) is 35.9. The normalized spacial score (nSPS) is 13.2. The molecule has 18 aromatic carbocycles. The summed E-state index contributed by atoms with van der Waals surface area (Å²) in [7, 11) is 0. The fourth-order valence-corrected chi connectivity index (χ4v) is 21.5. The predicted molar refractivity (Wildman–Crippen MR) is 583 cm³/mol. The molecule has 2 aromatic heterocycles. The highest BCUT2D eigenvalue weighted by Gasteiger charge is 2.38. The maximum Gasteiger partial charge on any atom is 0.0542 e. The van der Waals surface area contributed by atoms with Gasteiger partial charge < -0.3 is 18.9 Å². The zero-order valence-corrected chi connectivity index (χ0v) is 78.1. The maximum absolute atomic E-state index is 4.60. The van der Waals surface area contributed by atoms with E-state index in [4.69, 9.17) is 0 Å². The lowest BCUT2D eigenvalue weighted by molar-refractivity contribution is 0.543. The Bertz CT molecular complexity index is 7900. The quantitative estimate of drug-likeness (QED) is 0.0750. The average Bonchev–Trinajstić information content (AvgIpc) is 1.53. The van der Waals surface area contributed by atoms with E-state index in [1.54, 1.807) is 18.1 Å². The van der Waals surface area contributed by atoms with Crippen LogP contribution in [0.15, 0.2) is 426 Å². The van der Waals surface area contributed by atoms with Crippen LogP contribution in [0.25, 0.3) is 134 Å². The molecule has 0 radical (unpaired) electrons. The monoisotopic (exact) mass is 1750 g/mol. The van der Waals surface area contributed by atoms with Crippen molar-refractivity contribution in [2.75, 3.05) is 9.80 Å². The Morgan fingerprint density at radius 1 is 0.316 bits per heavy atom. The van der Waals surface area contributed by atoms with Crippen LogP contribution in [0.3, 0.4) is 0 Å². The second kappa shape index (κ2) is 37.3. The second-order valence-corrected chi connectivity index (χ2v) is 37.7. The number of anilines is 6. The smallest absolute Gasteiger partial charge is 0.0542 e. The molecule has 20 aromatic rings. The fraction of sp³-hybridized carbons (Fsp3) is 0.136. The van der Waals surface area contributed by atoms with Crippen molar-refractivity contribution in [3.05, 3.63) is 492 Å². The van der Waals surface area contributed by atoms with E-state index in [1.807, 2.05) is 12.2 Å². The Balaban J connectivity index is 0.000000149. The van der Waals surface area contributed by atoms with Gasteiger partial charge in [0, 0.05) is 77.9 Å². The lowest BCUT2D eigenvalue weighted by atomic mass is 9.80. The Labute approximate surface area is 803 Å². The first-order valence-corrected chi connectivity index (χ1v) is 47.9. The number of benzene rings is 18. The van der Waals surface area contributed by atoms with Crippen LogP contribution in [0.4, 0.5) is 34.1 Å². The summed E-state index contributed by atoms with van der Waals surface area (Å²) in [6, 6.07) is 153. The molecule has 0 saturated carbocycles. The van der Waals surface area contributed by atoms with Gasteiger partial charge in [-0.15, -0.1) is 12.3 Å². The Hall–Kier alpha value is -15.8. The zero-order chi connectivity index (χ0) is 92.0. The van der Waals surface area contributed by atoms with Crippen molar-refractivity contribution in [1.29, 1.82) is 0 Å². The third-order valence-corrected chi connectivity index (χ3v) is 29.1. The molecule has 4 aliphatic carbocycles. The molecule has 0 spiro atoms. The lowest BCUT2D eigenvalue weighted by Gasteiger charge is -2.28. The molecule has 0 bridgehead atoms. The van der Waals surface area contributed by atoms with E-state index >= 15 is 0 Å². The van der Waals surface area contributed by atoms with Crippen LogP contribution >= 0.6 is 0 Å². The van der Waals surface area contributed by atoms with Crippen molar-refractivity contribution in [2.24, 2.45) is 0 Å². The molecule has 0 N–H and O–H groups in total. The van der Waals surface area contributed by atoms with Gasteiger partial charge in [-0.1, -0.05) is 353 Å². The molecule has 4 aliphatic rings. The Morgan fingerprint density at radius 2 is 0.632 bits per heavy atom. The van der Waals surface area contributed by atoms with Gasteiger partial charge in [0.2, 0.25) is 0 Å². The van der Waals surface area contributed by atoms with E-state index in [9.17, 15) is 0 Å². The molecular formula is C132H114N4. The lowest BCUT2D eigenvalue weighted by Crippen LogP contribution is -2.16. The number of aryl methyl sites for hydroxylation is 4. The second-order valence-electron chi connectivity index (χ2n) is 37.7. The van der Waals surface area contributed by atoms with E-state index in [-0.39, 0.29) is 18.3 Å². The van der Waals surface area contributed by atoms with Gasteiger partial charge in [-0.3, -0.25) is 0 Å². The van der Waals surface area contributed by atoms with Gasteiger partial charge in [-0.25, -0.2) is 0 Å². The summed E-state index contributed by atoms with van der Waals surface area (Å²) < 4.78 is 4.83. The summed E-state index contributed by atoms with van der Waals surface area (Å²) in [6.07, 6.45) is 15.7. The molecule has 2 heterocycles. The molecule has 0 aliphatic heterocycles. The number of rotatable bonds is 19. The van der Waals surface area contributed by atoms with E-state index in [2.05, 4.69) is 498 Å². The van der Waals surface area contributed by atoms with Gasteiger partial charge in [-0.2, -0.15) is 0 Å². The summed E-state index contributed by atoms with van der Waals surface area (Å²) in [6.45, 7) is 23.5. The molecule has 4 heteroatoms. The van der Waals surface area contributed by atoms with Crippen LogP contribution in [0, 0.1) is 12.3 Å². The van der Waals surface area contributed by atoms with Crippen LogP contribution in [0.2, 0.25) is 0 Å². The molecule has 2 unspecified atom stereocenters. The molecule has 662 valence electrons. The van der Waals surface area contributed by atoms with E-state index in [0.717, 1.165) is 63.9 Å². The zero-order valence-electron chi connectivity index (χ0n) is 78.1. The highest BCUT2D eigenvalue weighted by atomic mass is 15.2. The maximum atomic E-state index is 4.60. The SMILES string of the molecule is C.C#CC.C=Cc1ccc(-c2ccc3c(c2)c2cc(N(c4ccc(-c5ccccc5)cc4)c4ccc5c(c4)C(C)(C)c4ccccc4-5)ccc2n3-c2ccccc2)cc1.C=Cc1ccc2c(c1)CC2.CCC(CC(C)c1ccc(-c2ccc3c(c2)c2cc(N(c4ccc(-c5ccccc5)cc4)c4ccc5c(c4)C(C)(C)c4ccccc4-5)ccc2n3-c2ccccc2)cc1)c1ccc2c(c1)CC2. The minimum Gasteiger partial charge on any atom is -0.310 e.